The fraction of sp³-hybridized carbons (Fsp3) is 0.350. The fourth-order valence-electron chi connectivity index (χ4n) is 3.06. The van der Waals surface area contributed by atoms with Crippen LogP contribution in [0.3, 0.4) is 0 Å². The molecule has 7 nitrogen and oxygen atoms in total. The van der Waals surface area contributed by atoms with E-state index in [9.17, 15) is 14.9 Å². The van der Waals surface area contributed by atoms with Crippen molar-refractivity contribution in [3.63, 3.8) is 0 Å². The highest BCUT2D eigenvalue weighted by Crippen LogP contribution is 2.38. The smallest absolute Gasteiger partial charge is 0.338 e. The first-order valence-corrected chi connectivity index (χ1v) is 9.71. The Morgan fingerprint density at radius 2 is 2.11 bits per heavy atom. The van der Waals surface area contributed by atoms with Gasteiger partial charge >= 0.3 is 5.97 Å². The van der Waals surface area contributed by atoms with E-state index in [0.29, 0.717) is 28.7 Å². The summed E-state index contributed by atoms with van der Waals surface area (Å²) in [5.74, 6) is -0.196. The van der Waals surface area contributed by atoms with Crippen LogP contribution in [0.2, 0.25) is 0 Å². The van der Waals surface area contributed by atoms with Crippen LogP contribution in [-0.2, 0) is 22.4 Å². The third-order valence-corrected chi connectivity index (χ3v) is 5.53. The van der Waals surface area contributed by atoms with Gasteiger partial charge in [-0.25, -0.2) is 4.79 Å². The number of hydrogen-bond donors (Lipinski definition) is 1. The number of fused-ring (bicyclic) bond motifs is 1. The predicted molar refractivity (Wildman–Crippen MR) is 104 cm³/mol. The van der Waals surface area contributed by atoms with Crippen LogP contribution in [0.15, 0.2) is 18.2 Å². The van der Waals surface area contributed by atoms with Gasteiger partial charge in [0.2, 0.25) is 0 Å². The van der Waals surface area contributed by atoms with Crippen LogP contribution in [0, 0.1) is 11.3 Å². The first-order valence-electron chi connectivity index (χ1n) is 8.89. The zero-order valence-corrected chi connectivity index (χ0v) is 16.5. The number of ether oxygens (including phenoxy) is 3. The lowest BCUT2D eigenvalue weighted by atomic mass is 10.1. The first kappa shape index (κ1) is 19.7. The zero-order chi connectivity index (χ0) is 20.1. The summed E-state index contributed by atoms with van der Waals surface area (Å²) in [6.07, 6.45) is 2.83. The Morgan fingerprint density at radius 1 is 1.29 bits per heavy atom. The molecule has 1 aliphatic rings. The molecule has 1 aromatic heterocycles. The van der Waals surface area contributed by atoms with Crippen LogP contribution >= 0.6 is 11.3 Å². The summed E-state index contributed by atoms with van der Waals surface area (Å²) in [5.41, 5.74) is 1.81. The molecular formula is C20H20N2O5S. The highest BCUT2D eigenvalue weighted by molar-refractivity contribution is 7.16. The number of thiophene rings is 1. The summed E-state index contributed by atoms with van der Waals surface area (Å²) in [7, 11) is 1.51. The molecule has 28 heavy (non-hydrogen) atoms. The van der Waals surface area contributed by atoms with Gasteiger partial charge in [-0.05, 0) is 49.9 Å². The van der Waals surface area contributed by atoms with E-state index < -0.39 is 18.5 Å². The lowest BCUT2D eigenvalue weighted by Crippen LogP contribution is -2.21. The minimum absolute atomic E-state index is 0.255. The fourth-order valence-corrected chi connectivity index (χ4v) is 4.32. The number of carbonyl (C=O) groups excluding carboxylic acids is 2. The molecule has 0 spiro atoms. The van der Waals surface area contributed by atoms with Crippen LogP contribution in [0.25, 0.3) is 0 Å². The number of carbonyl (C=O) groups is 2. The Labute approximate surface area is 166 Å². The van der Waals surface area contributed by atoms with Crippen LogP contribution < -0.4 is 14.8 Å². The molecule has 8 heteroatoms. The van der Waals surface area contributed by atoms with E-state index in [2.05, 4.69) is 11.4 Å². The van der Waals surface area contributed by atoms with Gasteiger partial charge in [-0.2, -0.15) is 5.26 Å². The second kappa shape index (κ2) is 8.76. The average Bonchev–Trinajstić information content (AvgIpc) is 3.27. The predicted octanol–water partition coefficient (Wildman–Crippen LogP) is 3.31. The lowest BCUT2D eigenvalue weighted by molar-refractivity contribution is -0.119. The van der Waals surface area contributed by atoms with Crippen molar-refractivity contribution in [2.45, 2.75) is 26.2 Å². The number of nitriles is 1. The molecule has 0 aliphatic heterocycles. The van der Waals surface area contributed by atoms with Crippen LogP contribution in [0.4, 0.5) is 5.00 Å². The van der Waals surface area contributed by atoms with E-state index in [1.54, 1.807) is 12.1 Å². The maximum Gasteiger partial charge on any atom is 0.338 e. The summed E-state index contributed by atoms with van der Waals surface area (Å²) < 4.78 is 15.7. The Morgan fingerprint density at radius 3 is 2.82 bits per heavy atom. The van der Waals surface area contributed by atoms with E-state index in [0.717, 1.165) is 29.7 Å². The number of rotatable bonds is 7. The molecule has 146 valence electrons. The van der Waals surface area contributed by atoms with Gasteiger partial charge < -0.3 is 19.5 Å². The van der Waals surface area contributed by atoms with Crippen molar-refractivity contribution in [1.82, 2.24) is 0 Å². The molecule has 3 rings (SSSR count). The molecule has 0 radical (unpaired) electrons. The van der Waals surface area contributed by atoms with Crippen molar-refractivity contribution in [3.8, 4) is 17.6 Å². The van der Waals surface area contributed by atoms with E-state index in [-0.39, 0.29) is 5.56 Å². The number of anilines is 1. The molecule has 0 bridgehead atoms. The average molecular weight is 400 g/mol. The standard InChI is InChI=1S/C20H20N2O5S/c1-3-26-16-9-12(7-8-15(16)25-2)20(24)27-11-18(23)22-19-14(10-21)13-5-4-6-17(13)28-19/h7-9H,3-6,11H2,1-2H3,(H,22,23). The Hall–Kier alpha value is -3.05. The normalized spacial score (nSPS) is 12.0. The molecule has 2 aromatic rings. The van der Waals surface area contributed by atoms with Gasteiger partial charge in [0.05, 0.1) is 24.8 Å². The van der Waals surface area contributed by atoms with Gasteiger partial charge in [0.25, 0.3) is 5.91 Å². The first-order chi connectivity index (χ1) is 13.6. The number of amides is 1. The molecule has 1 aromatic carbocycles. The molecule has 1 aliphatic carbocycles. The molecule has 0 fully saturated rings. The second-order valence-corrected chi connectivity index (χ2v) is 7.20. The number of benzene rings is 1. The number of methoxy groups -OCH3 is 1. The number of hydrogen-bond acceptors (Lipinski definition) is 7. The van der Waals surface area contributed by atoms with Gasteiger partial charge in [0.1, 0.15) is 11.1 Å². The number of nitrogens with one attached hydrogen (secondary N) is 1. The minimum Gasteiger partial charge on any atom is -0.493 e. The molecule has 0 atom stereocenters. The monoisotopic (exact) mass is 400 g/mol. The molecular weight excluding hydrogens is 380 g/mol. The molecule has 0 unspecified atom stereocenters. The third kappa shape index (κ3) is 4.10. The minimum atomic E-state index is -0.645. The second-order valence-electron chi connectivity index (χ2n) is 6.10. The van der Waals surface area contributed by atoms with Gasteiger partial charge in [-0.15, -0.1) is 11.3 Å². The topological polar surface area (TPSA) is 97.6 Å². The molecule has 1 amide bonds. The van der Waals surface area contributed by atoms with Crippen molar-refractivity contribution in [3.05, 3.63) is 39.8 Å². The van der Waals surface area contributed by atoms with Gasteiger partial charge in [-0.3, -0.25) is 4.79 Å². The van der Waals surface area contributed by atoms with E-state index in [1.807, 2.05) is 6.92 Å². The highest BCUT2D eigenvalue weighted by Gasteiger charge is 2.23. The van der Waals surface area contributed by atoms with Crippen LogP contribution in [0.1, 0.15) is 39.7 Å². The SMILES string of the molecule is CCOc1cc(C(=O)OCC(=O)Nc2sc3c(c2C#N)CCC3)ccc1OC. The molecule has 0 saturated heterocycles. The quantitative estimate of drug-likeness (QED) is 0.716. The molecule has 0 saturated carbocycles. The van der Waals surface area contributed by atoms with Crippen molar-refractivity contribution in [2.24, 2.45) is 0 Å². The third-order valence-electron chi connectivity index (χ3n) is 4.32. The summed E-state index contributed by atoms with van der Waals surface area (Å²) in [4.78, 5) is 25.6. The van der Waals surface area contributed by atoms with Gasteiger partial charge in [0.15, 0.2) is 18.1 Å². The lowest BCUT2D eigenvalue weighted by Gasteiger charge is -2.11. The number of nitrogens with zero attached hydrogens (tertiary/aromatic N) is 1. The van der Waals surface area contributed by atoms with Gasteiger partial charge in [0, 0.05) is 4.88 Å². The molecule has 1 N–H and O–H groups in total. The van der Waals surface area contributed by atoms with E-state index in [1.165, 1.54) is 24.5 Å². The van der Waals surface area contributed by atoms with Crippen molar-refractivity contribution in [2.75, 3.05) is 25.6 Å². The van der Waals surface area contributed by atoms with Crippen LogP contribution in [-0.4, -0.2) is 32.2 Å². The van der Waals surface area contributed by atoms with Crippen molar-refractivity contribution < 1.29 is 23.8 Å². The van der Waals surface area contributed by atoms with E-state index >= 15 is 0 Å². The number of esters is 1. The van der Waals surface area contributed by atoms with Crippen LogP contribution in [0.5, 0.6) is 11.5 Å². The highest BCUT2D eigenvalue weighted by atomic mass is 32.1. The number of aryl methyl sites for hydroxylation is 1. The van der Waals surface area contributed by atoms with Gasteiger partial charge in [-0.1, -0.05) is 0 Å². The summed E-state index contributed by atoms with van der Waals surface area (Å²) in [6, 6.07) is 6.82. The van der Waals surface area contributed by atoms with E-state index in [4.69, 9.17) is 14.2 Å². The summed E-state index contributed by atoms with van der Waals surface area (Å²) in [5, 5.41) is 12.6. The zero-order valence-electron chi connectivity index (χ0n) is 15.7. The van der Waals surface area contributed by atoms with Crippen molar-refractivity contribution >= 4 is 28.2 Å². The Balaban J connectivity index is 1.61. The Bertz CT molecular complexity index is 945. The Kier molecular flexibility index (Phi) is 6.16. The maximum atomic E-state index is 12.2. The largest absolute Gasteiger partial charge is 0.493 e. The summed E-state index contributed by atoms with van der Waals surface area (Å²) in [6.45, 7) is 1.80. The molecule has 1 heterocycles. The summed E-state index contributed by atoms with van der Waals surface area (Å²) >= 11 is 1.42. The van der Waals surface area contributed by atoms with Crippen molar-refractivity contribution in [1.29, 1.82) is 5.26 Å². The maximum absolute atomic E-state index is 12.2.